The number of cyclic esters (lactones) is 1. The van der Waals surface area contributed by atoms with E-state index in [1.165, 1.54) is 27.3 Å². The summed E-state index contributed by atoms with van der Waals surface area (Å²) in [4.78, 5) is 128. The van der Waals surface area contributed by atoms with Crippen LogP contribution in [0.4, 0.5) is 0 Å². The number of unbranched alkanes of at least 4 members (excludes halogenated alkanes) is 1. The number of thioether (sulfide) groups is 1. The lowest BCUT2D eigenvalue weighted by atomic mass is 9.66. The fourth-order valence-corrected chi connectivity index (χ4v) is 14.2. The summed E-state index contributed by atoms with van der Waals surface area (Å²) in [7, 11) is 4.10. The van der Waals surface area contributed by atoms with Gasteiger partial charge in [-0.05, 0) is 105 Å². The minimum Gasteiger partial charge on any atom is -0.494 e. The van der Waals surface area contributed by atoms with Crippen molar-refractivity contribution in [2.24, 2.45) is 57.3 Å². The number of esters is 2. The number of primary amides is 1. The highest BCUT2D eigenvalue weighted by molar-refractivity contribution is 7.99. The SMILES string of the molecule is CCC(C)[C@H](NC(=O)[C@H](CCCCN)NC(=O)[C@@H](NC(=O)[C@H](CCC(N)=O)NC(=O)[C@H](CCCN=C(N)N)NC(=O)[C@@H](N)CSc1cc(O)n(CCC(=O)Oc2c(OC)cc(C3c4cc5c(cc4[C@@H](OC4OC6COC(C)OC6C(O)C4O)[C@H]4COC(=O)[C@H]34)OCO5)cc2OC)c1O)C(C)CC)C(=O)NC. The molecule has 18 atom stereocenters. The number of aliphatic imine (C=N–C) groups is 1. The predicted octanol–water partition coefficient (Wildman–Crippen LogP) is -1.03. The molecule has 106 heavy (non-hydrogen) atoms. The number of aliphatic hydroxyl groups is 2. The molecule has 0 bridgehead atoms. The van der Waals surface area contributed by atoms with Gasteiger partial charge in [0.1, 0.15) is 54.6 Å². The van der Waals surface area contributed by atoms with Crippen molar-refractivity contribution in [3.05, 3.63) is 47.0 Å². The van der Waals surface area contributed by atoms with Crippen LogP contribution in [-0.4, -0.2) is 218 Å². The molecule has 1 aliphatic carbocycles. The second kappa shape index (κ2) is 38.0. The summed E-state index contributed by atoms with van der Waals surface area (Å²) >= 11 is 0.842. The number of nitrogens with one attached hydrogen (secondary N) is 6. The molecule has 2 aromatic carbocycles. The number of guanidine groups is 1. The van der Waals surface area contributed by atoms with Gasteiger partial charge in [0.25, 0.3) is 0 Å². The van der Waals surface area contributed by atoms with Crippen LogP contribution in [0.5, 0.6) is 40.5 Å². The quantitative estimate of drug-likeness (QED) is 0.00814. The van der Waals surface area contributed by atoms with E-state index in [1.54, 1.807) is 52.0 Å². The normalized spacial score (nSPS) is 23.5. The van der Waals surface area contributed by atoms with Crippen molar-refractivity contribution in [1.82, 2.24) is 36.5 Å². The number of fused-ring (bicyclic) bond motifs is 4. The first-order valence-electron chi connectivity index (χ1n) is 35.3. The molecule has 5 aliphatic rings. The maximum atomic E-state index is 14.3. The molecule has 3 saturated heterocycles. The molecular formula is C69H101N13O23S. The number of carbonyl (C=O) groups is 9. The van der Waals surface area contributed by atoms with E-state index in [-0.39, 0.29) is 98.6 Å². The highest BCUT2D eigenvalue weighted by atomic mass is 32.2. The van der Waals surface area contributed by atoms with E-state index in [0.717, 1.165) is 16.3 Å². The van der Waals surface area contributed by atoms with E-state index in [0.29, 0.717) is 60.4 Å². The molecule has 0 saturated carbocycles. The number of benzene rings is 2. The molecule has 8 rings (SSSR count). The molecule has 9 unspecified atom stereocenters. The Morgan fingerprint density at radius 1 is 0.726 bits per heavy atom. The number of carbonyl (C=O) groups excluding carboxylic acids is 9. The number of aromatic nitrogens is 1. The first-order valence-corrected chi connectivity index (χ1v) is 36.3. The van der Waals surface area contributed by atoms with Gasteiger partial charge in [-0.3, -0.25) is 52.7 Å². The van der Waals surface area contributed by atoms with Gasteiger partial charge in [0.05, 0.1) is 56.8 Å². The third kappa shape index (κ3) is 20.2. The number of aliphatic hydroxyl groups excluding tert-OH is 2. The molecule has 5 heterocycles. The summed E-state index contributed by atoms with van der Waals surface area (Å²) < 4.78 is 59.9. The molecular weight excluding hydrogens is 1410 g/mol. The van der Waals surface area contributed by atoms with Gasteiger partial charge in [-0.1, -0.05) is 40.5 Å². The number of hydrogen-bond donors (Lipinski definition) is 15. The van der Waals surface area contributed by atoms with E-state index < -0.39 is 181 Å². The van der Waals surface area contributed by atoms with E-state index in [4.69, 9.17) is 76.0 Å². The monoisotopic (exact) mass is 1510 g/mol. The molecule has 3 fully saturated rings. The molecule has 1 aromatic heterocycles. The summed E-state index contributed by atoms with van der Waals surface area (Å²) in [6.07, 6.45) is -6.99. The van der Waals surface area contributed by atoms with Crippen molar-refractivity contribution in [2.45, 2.75) is 196 Å². The van der Waals surface area contributed by atoms with Crippen LogP contribution in [-0.2, 0) is 73.4 Å². The Hall–Kier alpha value is -8.95. The van der Waals surface area contributed by atoms with Gasteiger partial charge in [0.2, 0.25) is 59.8 Å². The number of likely N-dealkylation sites (N-methyl/N-ethyl adjacent to an activating group) is 1. The van der Waals surface area contributed by atoms with E-state index >= 15 is 0 Å². The average Bonchev–Trinajstić information content (AvgIpc) is 1.43. The van der Waals surface area contributed by atoms with Crippen LogP contribution < -0.4 is 84.3 Å². The Balaban J connectivity index is 0.923. The van der Waals surface area contributed by atoms with Gasteiger partial charge >= 0.3 is 11.9 Å². The van der Waals surface area contributed by atoms with Crippen molar-refractivity contribution >= 4 is 71.0 Å². The fourth-order valence-electron chi connectivity index (χ4n) is 13.2. The fraction of sp³-hybridized carbons (Fsp3) is 0.623. The highest BCUT2D eigenvalue weighted by Crippen LogP contribution is 2.57. The van der Waals surface area contributed by atoms with Crippen molar-refractivity contribution < 1.29 is 111 Å². The highest BCUT2D eigenvalue weighted by Gasteiger charge is 2.56. The number of rotatable bonds is 38. The maximum Gasteiger partial charge on any atom is 0.313 e. The number of ether oxygens (including phenoxy) is 10. The van der Waals surface area contributed by atoms with Crippen LogP contribution in [0.2, 0.25) is 0 Å². The lowest BCUT2D eigenvalue weighted by molar-refractivity contribution is -0.364. The third-order valence-corrected chi connectivity index (χ3v) is 20.7. The Morgan fingerprint density at radius 2 is 1.32 bits per heavy atom. The van der Waals surface area contributed by atoms with Crippen LogP contribution in [0.1, 0.15) is 128 Å². The number of nitrogens with two attached hydrogens (primary N) is 5. The van der Waals surface area contributed by atoms with Crippen LogP contribution in [0.15, 0.2) is 40.2 Å². The van der Waals surface area contributed by atoms with E-state index in [9.17, 15) is 63.6 Å². The van der Waals surface area contributed by atoms with Gasteiger partial charge in [-0.2, -0.15) is 0 Å². The number of amides is 7. The lowest BCUT2D eigenvalue weighted by Crippen LogP contribution is -2.63. The Kier molecular flexibility index (Phi) is 29.7. The first-order chi connectivity index (χ1) is 50.6. The number of nitrogens with zero attached hydrogens (tertiary/aromatic N) is 2. The summed E-state index contributed by atoms with van der Waals surface area (Å²) in [5.41, 5.74) is 30.3. The summed E-state index contributed by atoms with van der Waals surface area (Å²) in [6.45, 7) is 8.57. The molecule has 0 spiro atoms. The molecule has 3 aromatic rings. The summed E-state index contributed by atoms with van der Waals surface area (Å²) in [5, 5.41) is 61.0. The molecule has 37 heteroatoms. The predicted molar refractivity (Wildman–Crippen MR) is 377 cm³/mol. The van der Waals surface area contributed by atoms with Gasteiger partial charge in [0, 0.05) is 50.2 Å². The number of methoxy groups -OCH3 is 2. The van der Waals surface area contributed by atoms with Crippen LogP contribution in [0.25, 0.3) is 0 Å². The molecule has 0 radical (unpaired) electrons. The van der Waals surface area contributed by atoms with Gasteiger partial charge in [-0.15, -0.1) is 11.8 Å². The van der Waals surface area contributed by atoms with Crippen molar-refractivity contribution in [2.75, 3.05) is 60.1 Å². The first kappa shape index (κ1) is 82.7. The molecule has 36 nitrogen and oxygen atoms in total. The second-order valence-corrected chi connectivity index (χ2v) is 27.8. The Labute approximate surface area is 616 Å². The van der Waals surface area contributed by atoms with Gasteiger partial charge in [-0.25, -0.2) is 0 Å². The molecule has 4 aliphatic heterocycles. The Morgan fingerprint density at radius 3 is 1.92 bits per heavy atom. The van der Waals surface area contributed by atoms with Crippen LogP contribution in [0, 0.1) is 23.7 Å². The Bertz CT molecular complexity index is 3630. The summed E-state index contributed by atoms with van der Waals surface area (Å²) in [6, 6.07) is 0.00437. The zero-order valence-electron chi connectivity index (χ0n) is 60.5. The smallest absolute Gasteiger partial charge is 0.313 e. The van der Waals surface area contributed by atoms with Gasteiger partial charge < -0.3 is 128 Å². The molecule has 20 N–H and O–H groups in total. The topological polar surface area (TPSA) is 546 Å². The molecule has 7 amide bonds. The lowest BCUT2D eigenvalue weighted by Gasteiger charge is -2.47. The molecule has 586 valence electrons. The number of hydrogen-bond acceptors (Lipinski definition) is 27. The van der Waals surface area contributed by atoms with Crippen LogP contribution >= 0.6 is 11.8 Å². The summed E-state index contributed by atoms with van der Waals surface area (Å²) in [5.74, 6) is -11.0. The number of aromatic hydroxyl groups is 2. The minimum atomic E-state index is -1.57. The third-order valence-electron chi connectivity index (χ3n) is 19.6. The largest absolute Gasteiger partial charge is 0.494 e. The maximum absolute atomic E-state index is 14.3. The van der Waals surface area contributed by atoms with Crippen LogP contribution in [0.3, 0.4) is 0 Å². The van der Waals surface area contributed by atoms with E-state index in [1.807, 2.05) is 6.92 Å². The zero-order valence-corrected chi connectivity index (χ0v) is 61.4. The standard InChI is InChI=1S/C69H101N13O23S/c1-9-31(3)53(64(92)75-6)80-62(90)39(14-11-12-19-70)79-65(93)54(32(4)10-2)81-63(91)41(16-17-48(72)83)78-61(89)40(15-13-20-76-69(73)74)77-60(88)38(71)29-106-47-26-49(84)82(66(47)94)21-18-50(85)104-58-44(96-7)22-34(23-45(58)97-8)51-35-24-42-43(101-30-100-42)25-36(35)57(37-27-99-67(95)52(37)51)105-68-56(87)55(86)59-46(103-68)28-98-33(5)102-59/h22-26,31-33,37-41,46,51-57,59,68,84,86-87,94H,9-21,27-30,70-71H2,1-8H3,(H2,72,83)(H,75,92)(H,77,88)(H,78,89)(H,79,93)(H,80,90)(H,81,91)(H4,73,74,76)/t31?,32?,33?,37-,38-,39-,40-,41-,46?,51?,52-,53-,54-,55?,56?,57+,59?,68?/m0/s1. The van der Waals surface area contributed by atoms with Crippen molar-refractivity contribution in [3.8, 4) is 40.5 Å². The minimum absolute atomic E-state index is 0.00321. The second-order valence-electron chi connectivity index (χ2n) is 26.7. The zero-order chi connectivity index (χ0) is 77.4. The van der Waals surface area contributed by atoms with Crippen molar-refractivity contribution in [3.63, 3.8) is 0 Å². The van der Waals surface area contributed by atoms with E-state index in [2.05, 4.69) is 36.9 Å². The van der Waals surface area contributed by atoms with Gasteiger partial charge in [0.15, 0.2) is 47.4 Å². The average molecular weight is 1510 g/mol. The van der Waals surface area contributed by atoms with Crippen molar-refractivity contribution in [1.29, 1.82) is 0 Å².